The molecule has 18 heavy (non-hydrogen) atoms. The fourth-order valence-corrected chi connectivity index (χ4v) is 2.65. The van der Waals surface area contributed by atoms with Crippen LogP contribution in [0, 0.1) is 0 Å². The Morgan fingerprint density at radius 3 is 2.61 bits per heavy atom. The van der Waals surface area contributed by atoms with Crippen LogP contribution in [-0.4, -0.2) is 24.7 Å². The summed E-state index contributed by atoms with van der Waals surface area (Å²) in [5, 5.41) is 4.05. The predicted octanol–water partition coefficient (Wildman–Crippen LogP) is 3.88. The van der Waals surface area contributed by atoms with Crippen molar-refractivity contribution in [2.24, 2.45) is 0 Å². The van der Waals surface area contributed by atoms with Gasteiger partial charge in [0.1, 0.15) is 5.75 Å². The molecule has 0 aliphatic rings. The van der Waals surface area contributed by atoms with Gasteiger partial charge in [0.2, 0.25) is 0 Å². The Hall–Kier alpha value is -0.670. The Kier molecular flexibility index (Phi) is 7.21. The van der Waals surface area contributed by atoms with E-state index in [-0.39, 0.29) is 0 Å². The summed E-state index contributed by atoms with van der Waals surface area (Å²) in [5.74, 6) is 2.09. The van der Waals surface area contributed by atoms with Crippen LogP contribution in [0.4, 0.5) is 0 Å². The number of para-hydroxylation sites is 1. The first-order valence-corrected chi connectivity index (χ1v) is 7.74. The zero-order valence-electron chi connectivity index (χ0n) is 11.9. The molecule has 1 aromatic rings. The van der Waals surface area contributed by atoms with Crippen LogP contribution < -0.4 is 10.1 Å². The summed E-state index contributed by atoms with van der Waals surface area (Å²) < 4.78 is 5.83. The standard InChI is InChI=1S/C15H25NOS/c1-5-10-17-15-9-7-6-8-13(15)14(16-4)11-18-12(2)3/h6-9,12,14,16H,5,10-11H2,1-4H3. The van der Waals surface area contributed by atoms with Crippen LogP contribution in [0.25, 0.3) is 0 Å². The third kappa shape index (κ3) is 4.91. The van der Waals surface area contributed by atoms with Gasteiger partial charge < -0.3 is 10.1 Å². The first-order chi connectivity index (χ1) is 8.69. The van der Waals surface area contributed by atoms with E-state index in [9.17, 15) is 0 Å². The summed E-state index contributed by atoms with van der Waals surface area (Å²) >= 11 is 1.97. The van der Waals surface area contributed by atoms with Crippen molar-refractivity contribution >= 4 is 11.8 Å². The van der Waals surface area contributed by atoms with Gasteiger partial charge in [0.25, 0.3) is 0 Å². The van der Waals surface area contributed by atoms with Gasteiger partial charge in [-0.05, 0) is 24.8 Å². The molecular weight excluding hydrogens is 242 g/mol. The lowest BCUT2D eigenvalue weighted by molar-refractivity contribution is 0.311. The Labute approximate surface area is 116 Å². The summed E-state index contributed by atoms with van der Waals surface area (Å²) in [6, 6.07) is 8.70. The highest BCUT2D eigenvalue weighted by atomic mass is 32.2. The number of rotatable bonds is 8. The van der Waals surface area contributed by atoms with Crippen molar-refractivity contribution in [1.29, 1.82) is 0 Å². The maximum absolute atomic E-state index is 5.83. The fraction of sp³-hybridized carbons (Fsp3) is 0.600. The van der Waals surface area contributed by atoms with E-state index in [1.54, 1.807) is 0 Å². The van der Waals surface area contributed by atoms with Gasteiger partial charge in [-0.25, -0.2) is 0 Å². The summed E-state index contributed by atoms with van der Waals surface area (Å²) in [4.78, 5) is 0. The lowest BCUT2D eigenvalue weighted by atomic mass is 10.1. The maximum Gasteiger partial charge on any atom is 0.124 e. The zero-order valence-corrected chi connectivity index (χ0v) is 12.7. The molecule has 1 unspecified atom stereocenters. The summed E-state index contributed by atoms with van der Waals surface area (Å²) in [6.07, 6.45) is 1.04. The molecule has 0 aromatic heterocycles. The van der Waals surface area contributed by atoms with Crippen molar-refractivity contribution < 1.29 is 4.74 Å². The van der Waals surface area contributed by atoms with E-state index in [0.717, 1.165) is 24.5 Å². The van der Waals surface area contributed by atoms with Gasteiger partial charge in [-0.2, -0.15) is 11.8 Å². The number of thioether (sulfide) groups is 1. The second-order valence-corrected chi connectivity index (χ2v) is 6.22. The molecule has 0 radical (unpaired) electrons. The first kappa shape index (κ1) is 15.4. The van der Waals surface area contributed by atoms with Crippen molar-refractivity contribution in [2.45, 2.75) is 38.5 Å². The normalized spacial score (nSPS) is 12.7. The largest absolute Gasteiger partial charge is 0.493 e. The molecule has 0 heterocycles. The minimum Gasteiger partial charge on any atom is -0.493 e. The molecule has 0 spiro atoms. The molecule has 0 saturated carbocycles. The monoisotopic (exact) mass is 267 g/mol. The second-order valence-electron chi connectivity index (χ2n) is 4.61. The number of benzene rings is 1. The van der Waals surface area contributed by atoms with Gasteiger partial charge >= 0.3 is 0 Å². The quantitative estimate of drug-likeness (QED) is 0.772. The molecule has 1 aromatic carbocycles. The van der Waals surface area contributed by atoms with Gasteiger partial charge in [-0.3, -0.25) is 0 Å². The molecule has 1 N–H and O–H groups in total. The first-order valence-electron chi connectivity index (χ1n) is 6.69. The van der Waals surface area contributed by atoms with Crippen molar-refractivity contribution in [1.82, 2.24) is 5.32 Å². The molecule has 3 heteroatoms. The van der Waals surface area contributed by atoms with E-state index in [1.165, 1.54) is 5.56 Å². The molecule has 0 amide bonds. The Morgan fingerprint density at radius 2 is 2.00 bits per heavy atom. The average molecular weight is 267 g/mol. The third-order valence-corrected chi connectivity index (χ3v) is 3.89. The number of nitrogens with one attached hydrogen (secondary N) is 1. The lowest BCUT2D eigenvalue weighted by Crippen LogP contribution is -2.20. The van der Waals surface area contributed by atoms with Gasteiger partial charge in [0.15, 0.2) is 0 Å². The van der Waals surface area contributed by atoms with E-state index in [0.29, 0.717) is 11.3 Å². The number of hydrogen-bond acceptors (Lipinski definition) is 3. The summed E-state index contributed by atoms with van der Waals surface area (Å²) in [7, 11) is 2.02. The SMILES string of the molecule is CCCOc1ccccc1C(CSC(C)C)NC. The molecule has 1 rings (SSSR count). The van der Waals surface area contributed by atoms with Crippen molar-refractivity contribution in [3.8, 4) is 5.75 Å². The van der Waals surface area contributed by atoms with Crippen molar-refractivity contribution in [2.75, 3.05) is 19.4 Å². The minimum atomic E-state index is 0.352. The van der Waals surface area contributed by atoms with Crippen molar-refractivity contribution in [3.63, 3.8) is 0 Å². The fourth-order valence-electron chi connectivity index (χ4n) is 1.73. The Balaban J connectivity index is 2.76. The van der Waals surface area contributed by atoms with Crippen LogP contribution in [0.1, 0.15) is 38.8 Å². The highest BCUT2D eigenvalue weighted by Crippen LogP contribution is 2.28. The summed E-state index contributed by atoms with van der Waals surface area (Å²) in [5.41, 5.74) is 1.27. The van der Waals surface area contributed by atoms with E-state index < -0.39 is 0 Å². The minimum absolute atomic E-state index is 0.352. The number of hydrogen-bond donors (Lipinski definition) is 1. The van der Waals surface area contributed by atoms with Crippen molar-refractivity contribution in [3.05, 3.63) is 29.8 Å². The highest BCUT2D eigenvalue weighted by molar-refractivity contribution is 7.99. The topological polar surface area (TPSA) is 21.3 Å². The van der Waals surface area contributed by atoms with Gasteiger partial charge in [0, 0.05) is 17.4 Å². The lowest BCUT2D eigenvalue weighted by Gasteiger charge is -2.20. The third-order valence-electron chi connectivity index (χ3n) is 2.70. The zero-order chi connectivity index (χ0) is 13.4. The molecule has 0 fully saturated rings. The van der Waals surface area contributed by atoms with E-state index in [1.807, 2.05) is 24.9 Å². The Morgan fingerprint density at radius 1 is 1.28 bits per heavy atom. The molecule has 0 saturated heterocycles. The summed E-state index contributed by atoms with van der Waals surface area (Å²) in [6.45, 7) is 7.38. The van der Waals surface area contributed by atoms with Crippen LogP contribution in [0.15, 0.2) is 24.3 Å². The van der Waals surface area contributed by atoms with Crippen LogP contribution in [0.2, 0.25) is 0 Å². The predicted molar refractivity (Wildman–Crippen MR) is 81.6 cm³/mol. The smallest absolute Gasteiger partial charge is 0.124 e. The molecule has 102 valence electrons. The van der Waals surface area contributed by atoms with E-state index in [2.05, 4.69) is 44.3 Å². The van der Waals surface area contributed by atoms with Crippen LogP contribution in [-0.2, 0) is 0 Å². The van der Waals surface area contributed by atoms with Gasteiger partial charge in [-0.1, -0.05) is 39.0 Å². The van der Waals surface area contributed by atoms with Crippen LogP contribution in [0.3, 0.4) is 0 Å². The molecule has 0 aliphatic carbocycles. The van der Waals surface area contributed by atoms with Crippen LogP contribution >= 0.6 is 11.8 Å². The molecule has 0 aliphatic heterocycles. The van der Waals surface area contributed by atoms with E-state index in [4.69, 9.17) is 4.74 Å². The Bertz CT molecular complexity index is 341. The van der Waals surface area contributed by atoms with Gasteiger partial charge in [0.05, 0.1) is 6.61 Å². The number of ether oxygens (including phenoxy) is 1. The van der Waals surface area contributed by atoms with Gasteiger partial charge in [-0.15, -0.1) is 0 Å². The molecule has 2 nitrogen and oxygen atoms in total. The molecule has 0 bridgehead atoms. The highest BCUT2D eigenvalue weighted by Gasteiger charge is 2.14. The van der Waals surface area contributed by atoms with Crippen LogP contribution in [0.5, 0.6) is 5.75 Å². The average Bonchev–Trinajstić information content (AvgIpc) is 2.38. The molecule has 1 atom stereocenters. The molecular formula is C15H25NOS. The van der Waals surface area contributed by atoms with E-state index >= 15 is 0 Å². The second kappa shape index (κ2) is 8.44. The maximum atomic E-state index is 5.83.